The maximum absolute atomic E-state index is 5.97. The molecule has 0 bridgehead atoms. The molecule has 1 saturated carbocycles. The minimum Gasteiger partial charge on any atom is -0.343 e. The molecule has 3 N–H and O–H groups in total. The van der Waals surface area contributed by atoms with E-state index in [0.717, 1.165) is 12.5 Å². The summed E-state index contributed by atoms with van der Waals surface area (Å²) in [4.78, 5) is 2.48. The number of hydrogen-bond acceptors (Lipinski definition) is 4. The molecule has 1 aromatic carbocycles. The minimum atomic E-state index is 0.0921. The first-order chi connectivity index (χ1) is 13.3. The fourth-order valence-electron chi connectivity index (χ4n) is 3.97. The van der Waals surface area contributed by atoms with Gasteiger partial charge in [-0.05, 0) is 107 Å². The Morgan fingerprint density at radius 2 is 1.79 bits per heavy atom. The summed E-state index contributed by atoms with van der Waals surface area (Å²) in [6.45, 7) is 12.1. The van der Waals surface area contributed by atoms with Crippen LogP contribution in [0.3, 0.4) is 0 Å². The topological polar surface area (TPSA) is 43.0 Å². The monoisotopic (exact) mass is 417 g/mol. The first-order valence-corrected chi connectivity index (χ1v) is 12.1. The van der Waals surface area contributed by atoms with Crippen molar-refractivity contribution >= 4 is 23.9 Å². The zero-order chi connectivity index (χ0) is 20.3. The number of nitrogens with one attached hydrogen (secondary N) is 1. The number of nitrogens with two attached hydrogens (primary N) is 1. The number of hydrogen-bond donors (Lipinski definition) is 2. The Bertz CT molecular complexity index is 799. The molecule has 5 heteroatoms. The highest BCUT2D eigenvalue weighted by Gasteiger charge is 2.20. The predicted octanol–water partition coefficient (Wildman–Crippen LogP) is 6.71. The van der Waals surface area contributed by atoms with Crippen molar-refractivity contribution in [3.05, 3.63) is 35.5 Å². The van der Waals surface area contributed by atoms with Crippen molar-refractivity contribution in [3.63, 3.8) is 0 Å². The normalized spacial score (nSPS) is 15.9. The Hall–Kier alpha value is -0.880. The highest BCUT2D eigenvalue weighted by atomic mass is 32.2. The van der Waals surface area contributed by atoms with Gasteiger partial charge in [-0.15, -0.1) is 0 Å². The van der Waals surface area contributed by atoms with Crippen LogP contribution in [0.2, 0.25) is 0 Å². The highest BCUT2D eigenvalue weighted by molar-refractivity contribution is 7.97. The second kappa shape index (κ2) is 9.29. The average molecular weight is 418 g/mol. The maximum Gasteiger partial charge on any atom is 0.0494 e. The molecule has 0 amide bonds. The lowest BCUT2D eigenvalue weighted by atomic mass is 9.89. The van der Waals surface area contributed by atoms with Gasteiger partial charge in [0.1, 0.15) is 0 Å². The molecular weight excluding hydrogens is 382 g/mol. The number of benzene rings is 1. The molecule has 3 rings (SSSR count). The zero-order valence-corrected chi connectivity index (χ0v) is 19.6. The Kier molecular flexibility index (Phi) is 7.24. The lowest BCUT2D eigenvalue weighted by Crippen LogP contribution is -2.29. The van der Waals surface area contributed by atoms with Crippen LogP contribution in [0.15, 0.2) is 34.1 Å². The summed E-state index contributed by atoms with van der Waals surface area (Å²) in [5, 5.41) is 5.97. The molecular formula is C23H35N3S2. The minimum absolute atomic E-state index is 0.0921. The Labute approximate surface area is 179 Å². The van der Waals surface area contributed by atoms with Gasteiger partial charge in [0, 0.05) is 33.3 Å². The highest BCUT2D eigenvalue weighted by Crippen LogP contribution is 2.35. The molecule has 1 heterocycles. The summed E-state index contributed by atoms with van der Waals surface area (Å²) in [6, 6.07) is 9.11. The molecule has 1 fully saturated rings. The molecule has 0 saturated heterocycles. The molecule has 1 aliphatic rings. The lowest BCUT2D eigenvalue weighted by molar-refractivity contribution is 0.318. The number of aryl methyl sites for hydroxylation is 1. The SMILES string of the molecule is Cc1cc(-c2cc(SN)c(C)n2CC2CCCCC2)ccc1SNC(C)(C)C. The molecule has 2 aromatic rings. The van der Waals surface area contributed by atoms with E-state index < -0.39 is 0 Å². The summed E-state index contributed by atoms with van der Waals surface area (Å²) >= 11 is 3.09. The standard InChI is InChI=1S/C23H35N3S2/c1-16-13-19(11-12-21(16)28-25-23(3,4)5)20-14-22(27-24)17(2)26(20)15-18-9-7-6-8-10-18/h11-14,18,25H,6-10,15,24H2,1-5H3. The first kappa shape index (κ1) is 21.8. The molecule has 1 aromatic heterocycles. The smallest absolute Gasteiger partial charge is 0.0494 e. The van der Waals surface area contributed by atoms with Crippen molar-refractivity contribution < 1.29 is 0 Å². The number of nitrogens with zero attached hydrogens (tertiary/aromatic N) is 1. The van der Waals surface area contributed by atoms with Gasteiger partial charge in [0.25, 0.3) is 0 Å². The van der Waals surface area contributed by atoms with Crippen molar-refractivity contribution in [1.82, 2.24) is 9.29 Å². The van der Waals surface area contributed by atoms with E-state index in [2.05, 4.69) is 68.2 Å². The van der Waals surface area contributed by atoms with Gasteiger partial charge in [0.05, 0.1) is 0 Å². The number of rotatable bonds is 6. The maximum atomic E-state index is 5.97. The van der Waals surface area contributed by atoms with Crippen LogP contribution in [-0.4, -0.2) is 10.1 Å². The van der Waals surface area contributed by atoms with Crippen LogP contribution in [-0.2, 0) is 6.54 Å². The Balaban J connectivity index is 1.88. The Morgan fingerprint density at radius 3 is 2.39 bits per heavy atom. The summed E-state index contributed by atoms with van der Waals surface area (Å²) in [7, 11) is 0. The number of aromatic nitrogens is 1. The van der Waals surface area contributed by atoms with Gasteiger partial charge in [0.2, 0.25) is 0 Å². The van der Waals surface area contributed by atoms with Crippen LogP contribution >= 0.6 is 23.9 Å². The van der Waals surface area contributed by atoms with Crippen molar-refractivity contribution in [2.45, 2.75) is 88.6 Å². The van der Waals surface area contributed by atoms with Gasteiger partial charge < -0.3 is 4.57 Å². The van der Waals surface area contributed by atoms with E-state index in [9.17, 15) is 0 Å². The third kappa shape index (κ3) is 5.38. The average Bonchev–Trinajstić information content (AvgIpc) is 2.97. The lowest BCUT2D eigenvalue weighted by Gasteiger charge is -2.24. The predicted molar refractivity (Wildman–Crippen MR) is 125 cm³/mol. The van der Waals surface area contributed by atoms with Crippen LogP contribution in [0, 0.1) is 19.8 Å². The van der Waals surface area contributed by atoms with Crippen LogP contribution in [0.4, 0.5) is 0 Å². The summed E-state index contributed by atoms with van der Waals surface area (Å²) in [6.07, 6.45) is 6.87. The van der Waals surface area contributed by atoms with E-state index in [1.807, 2.05) is 0 Å². The molecule has 0 unspecified atom stereocenters. The van der Waals surface area contributed by atoms with Gasteiger partial charge in [-0.3, -0.25) is 9.86 Å². The second-order valence-corrected chi connectivity index (χ2v) is 10.7. The quantitative estimate of drug-likeness (QED) is 0.512. The van der Waals surface area contributed by atoms with Crippen molar-refractivity contribution in [1.29, 1.82) is 0 Å². The van der Waals surface area contributed by atoms with Crippen molar-refractivity contribution in [2.24, 2.45) is 11.1 Å². The van der Waals surface area contributed by atoms with Crippen LogP contribution in [0.25, 0.3) is 11.3 Å². The van der Waals surface area contributed by atoms with E-state index in [1.54, 1.807) is 11.9 Å². The third-order valence-corrected chi connectivity index (χ3v) is 7.61. The van der Waals surface area contributed by atoms with Crippen LogP contribution in [0.5, 0.6) is 0 Å². The van der Waals surface area contributed by atoms with E-state index in [1.165, 1.54) is 76.4 Å². The molecule has 0 radical (unpaired) electrons. The fourth-order valence-corrected chi connectivity index (χ4v) is 5.21. The summed E-state index contributed by atoms with van der Waals surface area (Å²) < 4.78 is 6.03. The molecule has 28 heavy (non-hydrogen) atoms. The first-order valence-electron chi connectivity index (χ1n) is 10.4. The van der Waals surface area contributed by atoms with E-state index in [4.69, 9.17) is 5.14 Å². The van der Waals surface area contributed by atoms with E-state index >= 15 is 0 Å². The van der Waals surface area contributed by atoms with E-state index in [0.29, 0.717) is 0 Å². The largest absolute Gasteiger partial charge is 0.343 e. The molecule has 154 valence electrons. The second-order valence-electron chi connectivity index (χ2n) is 9.15. The van der Waals surface area contributed by atoms with Crippen molar-refractivity contribution in [3.8, 4) is 11.3 Å². The molecule has 0 atom stereocenters. The summed E-state index contributed by atoms with van der Waals surface area (Å²) in [5.74, 6) is 0.793. The molecule has 3 nitrogen and oxygen atoms in total. The summed E-state index contributed by atoms with van der Waals surface area (Å²) in [5.41, 5.74) is 5.30. The van der Waals surface area contributed by atoms with Crippen LogP contribution in [0.1, 0.15) is 64.1 Å². The Morgan fingerprint density at radius 1 is 1.07 bits per heavy atom. The molecule has 0 spiro atoms. The fraction of sp³-hybridized carbons (Fsp3) is 0.565. The molecule has 1 aliphatic carbocycles. The van der Waals surface area contributed by atoms with Crippen LogP contribution < -0.4 is 9.86 Å². The van der Waals surface area contributed by atoms with Gasteiger partial charge in [-0.25, -0.2) is 0 Å². The van der Waals surface area contributed by atoms with Crippen molar-refractivity contribution in [2.75, 3.05) is 0 Å². The van der Waals surface area contributed by atoms with Gasteiger partial charge in [-0.2, -0.15) is 0 Å². The van der Waals surface area contributed by atoms with E-state index in [-0.39, 0.29) is 5.54 Å². The van der Waals surface area contributed by atoms with Gasteiger partial charge in [-0.1, -0.05) is 25.3 Å². The molecule has 0 aliphatic heterocycles. The van der Waals surface area contributed by atoms with Gasteiger partial charge in [0.15, 0.2) is 0 Å². The zero-order valence-electron chi connectivity index (χ0n) is 18.0. The third-order valence-electron chi connectivity index (χ3n) is 5.55. The van der Waals surface area contributed by atoms with Gasteiger partial charge >= 0.3 is 0 Å².